The van der Waals surface area contributed by atoms with E-state index in [2.05, 4.69) is 19.1 Å². The van der Waals surface area contributed by atoms with Crippen LogP contribution in [-0.2, 0) is 5.41 Å². The Hall–Kier alpha value is -2.56. The van der Waals surface area contributed by atoms with Crippen LogP contribution >= 0.6 is 0 Å². The van der Waals surface area contributed by atoms with Gasteiger partial charge in [0.05, 0.1) is 7.11 Å². The van der Waals surface area contributed by atoms with Gasteiger partial charge in [0.1, 0.15) is 6.26 Å². The second-order valence-electron chi connectivity index (χ2n) is 6.43. The molecule has 0 bridgehead atoms. The van der Waals surface area contributed by atoms with Crippen molar-refractivity contribution < 1.29 is 13.9 Å². The van der Waals surface area contributed by atoms with E-state index >= 15 is 0 Å². The third kappa shape index (κ3) is 3.07. The average Bonchev–Trinajstić information content (AvgIpc) is 2.62. The van der Waals surface area contributed by atoms with E-state index in [-0.39, 0.29) is 28.3 Å². The fraction of sp³-hybridized carbons (Fsp3) is 0.368. The first kappa shape index (κ1) is 16.3. The number of hydrogen-bond acceptors (Lipinski definition) is 4. The fourth-order valence-corrected chi connectivity index (χ4v) is 3.30. The highest BCUT2D eigenvalue weighted by Crippen LogP contribution is 2.34. The molecule has 5 heteroatoms. The first-order valence-corrected chi connectivity index (χ1v) is 8.05. The number of nitrogens with zero attached hydrogens (tertiary/aromatic N) is 1. The largest absolute Gasteiger partial charge is 0.490 e. The SMILES string of the molecule is COc1coc(C(=O)N2CCCC(C)(c3ccccc3)C2)cc1=O. The first-order valence-electron chi connectivity index (χ1n) is 8.05. The van der Waals surface area contributed by atoms with Gasteiger partial charge in [0.25, 0.3) is 5.91 Å². The summed E-state index contributed by atoms with van der Waals surface area (Å²) in [7, 11) is 1.39. The lowest BCUT2D eigenvalue weighted by molar-refractivity contribution is 0.0615. The predicted octanol–water partition coefficient (Wildman–Crippen LogP) is 2.84. The van der Waals surface area contributed by atoms with Gasteiger partial charge >= 0.3 is 0 Å². The van der Waals surface area contributed by atoms with Crippen LogP contribution in [-0.4, -0.2) is 31.0 Å². The third-order valence-electron chi connectivity index (χ3n) is 4.68. The van der Waals surface area contributed by atoms with Crippen LogP contribution in [0.15, 0.2) is 51.9 Å². The Morgan fingerprint density at radius 1 is 1.29 bits per heavy atom. The van der Waals surface area contributed by atoms with Crippen molar-refractivity contribution in [3.8, 4) is 5.75 Å². The summed E-state index contributed by atoms with van der Waals surface area (Å²) in [6, 6.07) is 11.4. The predicted molar refractivity (Wildman–Crippen MR) is 90.5 cm³/mol. The maximum atomic E-state index is 12.7. The Morgan fingerprint density at radius 2 is 2.04 bits per heavy atom. The Kier molecular flexibility index (Phi) is 4.42. The van der Waals surface area contributed by atoms with Gasteiger partial charge in [-0.3, -0.25) is 9.59 Å². The zero-order valence-electron chi connectivity index (χ0n) is 14.0. The number of carbonyl (C=O) groups is 1. The number of rotatable bonds is 3. The number of piperidine rings is 1. The van der Waals surface area contributed by atoms with Gasteiger partial charge in [-0.2, -0.15) is 0 Å². The minimum Gasteiger partial charge on any atom is -0.490 e. The monoisotopic (exact) mass is 327 g/mol. The summed E-state index contributed by atoms with van der Waals surface area (Å²) >= 11 is 0. The van der Waals surface area contributed by atoms with Crippen molar-refractivity contribution in [1.29, 1.82) is 0 Å². The van der Waals surface area contributed by atoms with Crippen LogP contribution in [0.1, 0.15) is 35.9 Å². The Morgan fingerprint density at radius 3 is 2.71 bits per heavy atom. The molecule has 1 fully saturated rings. The molecule has 1 amide bonds. The zero-order valence-corrected chi connectivity index (χ0v) is 14.0. The van der Waals surface area contributed by atoms with Crippen LogP contribution in [0.4, 0.5) is 0 Å². The smallest absolute Gasteiger partial charge is 0.289 e. The van der Waals surface area contributed by atoms with Crippen LogP contribution in [0.25, 0.3) is 0 Å². The number of hydrogen-bond donors (Lipinski definition) is 0. The lowest BCUT2D eigenvalue weighted by Gasteiger charge is -2.40. The first-order chi connectivity index (χ1) is 11.5. The van der Waals surface area contributed by atoms with Gasteiger partial charge in [-0.05, 0) is 18.4 Å². The standard InChI is InChI=1S/C19H21NO4/c1-19(14-7-4-3-5-8-14)9-6-10-20(13-19)18(22)16-11-15(21)17(23-2)12-24-16/h3-5,7-8,11-12H,6,9-10,13H2,1-2H3. The topological polar surface area (TPSA) is 59.8 Å². The molecular formula is C19H21NO4. The summed E-state index contributed by atoms with van der Waals surface area (Å²) in [5.41, 5.74) is 0.774. The van der Waals surface area contributed by atoms with Gasteiger partial charge < -0.3 is 14.1 Å². The van der Waals surface area contributed by atoms with E-state index in [1.807, 2.05) is 18.2 Å². The second-order valence-corrected chi connectivity index (χ2v) is 6.43. The molecule has 1 aromatic heterocycles. The average molecular weight is 327 g/mol. The number of methoxy groups -OCH3 is 1. The van der Waals surface area contributed by atoms with Crippen molar-refractivity contribution in [3.05, 3.63) is 64.2 Å². The third-order valence-corrected chi connectivity index (χ3v) is 4.68. The van der Waals surface area contributed by atoms with Crippen LogP contribution in [0.2, 0.25) is 0 Å². The van der Waals surface area contributed by atoms with E-state index in [1.165, 1.54) is 25.0 Å². The molecule has 1 saturated heterocycles. The molecule has 126 valence electrons. The van der Waals surface area contributed by atoms with Gasteiger partial charge in [0, 0.05) is 24.6 Å². The van der Waals surface area contributed by atoms with E-state index in [9.17, 15) is 9.59 Å². The minimum atomic E-state index is -0.352. The molecule has 1 aliphatic heterocycles. The van der Waals surface area contributed by atoms with Crippen LogP contribution in [0, 0.1) is 0 Å². The molecule has 3 rings (SSSR count). The van der Waals surface area contributed by atoms with Crippen molar-refractivity contribution in [2.75, 3.05) is 20.2 Å². The number of likely N-dealkylation sites (tertiary alicyclic amines) is 1. The summed E-state index contributed by atoms with van der Waals surface area (Å²) in [4.78, 5) is 26.3. The molecule has 1 unspecified atom stereocenters. The maximum absolute atomic E-state index is 12.7. The zero-order chi connectivity index (χ0) is 17.2. The van der Waals surface area contributed by atoms with Crippen molar-refractivity contribution in [1.82, 2.24) is 4.90 Å². The molecule has 24 heavy (non-hydrogen) atoms. The van der Waals surface area contributed by atoms with Crippen LogP contribution < -0.4 is 10.2 Å². The molecule has 0 saturated carbocycles. The molecular weight excluding hydrogens is 306 g/mol. The van der Waals surface area contributed by atoms with Gasteiger partial charge in [-0.15, -0.1) is 0 Å². The molecule has 2 heterocycles. The highest BCUT2D eigenvalue weighted by Gasteiger charge is 2.35. The normalized spacial score (nSPS) is 20.7. The van der Waals surface area contributed by atoms with E-state index in [0.717, 1.165) is 12.8 Å². The summed E-state index contributed by atoms with van der Waals surface area (Å²) in [5.74, 6) is -0.103. The Balaban J connectivity index is 1.83. The highest BCUT2D eigenvalue weighted by atomic mass is 16.5. The summed E-state index contributed by atoms with van der Waals surface area (Å²) in [6.45, 7) is 3.44. The van der Waals surface area contributed by atoms with Crippen molar-refractivity contribution in [2.45, 2.75) is 25.2 Å². The molecule has 5 nitrogen and oxygen atoms in total. The van der Waals surface area contributed by atoms with Gasteiger partial charge in [-0.1, -0.05) is 37.3 Å². The second kappa shape index (κ2) is 6.51. The minimum absolute atomic E-state index is 0.0538. The molecule has 0 radical (unpaired) electrons. The summed E-state index contributed by atoms with van der Waals surface area (Å²) in [6.07, 6.45) is 3.13. The van der Waals surface area contributed by atoms with Gasteiger partial charge in [-0.25, -0.2) is 0 Å². The lowest BCUT2D eigenvalue weighted by Crippen LogP contribution is -2.47. The van der Waals surface area contributed by atoms with E-state index in [4.69, 9.17) is 9.15 Å². The molecule has 1 atom stereocenters. The molecule has 2 aromatic rings. The lowest BCUT2D eigenvalue weighted by atomic mass is 9.76. The highest BCUT2D eigenvalue weighted by molar-refractivity contribution is 5.91. The van der Waals surface area contributed by atoms with Gasteiger partial charge in [0.2, 0.25) is 11.2 Å². The van der Waals surface area contributed by atoms with Crippen LogP contribution in [0.5, 0.6) is 5.75 Å². The Labute approximate surface area is 140 Å². The molecule has 0 aliphatic carbocycles. The van der Waals surface area contributed by atoms with Crippen molar-refractivity contribution >= 4 is 5.91 Å². The quantitative estimate of drug-likeness (QED) is 0.870. The van der Waals surface area contributed by atoms with E-state index in [1.54, 1.807) is 4.90 Å². The molecule has 0 N–H and O–H groups in total. The molecule has 1 aromatic carbocycles. The van der Waals surface area contributed by atoms with Crippen molar-refractivity contribution in [3.63, 3.8) is 0 Å². The fourth-order valence-electron chi connectivity index (χ4n) is 3.30. The Bertz CT molecular complexity index is 783. The van der Waals surface area contributed by atoms with E-state index in [0.29, 0.717) is 13.1 Å². The molecule has 0 spiro atoms. The van der Waals surface area contributed by atoms with E-state index < -0.39 is 0 Å². The van der Waals surface area contributed by atoms with Crippen LogP contribution in [0.3, 0.4) is 0 Å². The van der Waals surface area contributed by atoms with Crippen molar-refractivity contribution in [2.24, 2.45) is 0 Å². The number of ether oxygens (including phenoxy) is 1. The molecule has 1 aliphatic rings. The number of amides is 1. The maximum Gasteiger partial charge on any atom is 0.289 e. The summed E-state index contributed by atoms with van der Waals surface area (Å²) in [5, 5.41) is 0. The summed E-state index contributed by atoms with van der Waals surface area (Å²) < 4.78 is 10.2. The number of carbonyl (C=O) groups excluding carboxylic acids is 1. The number of benzene rings is 1. The van der Waals surface area contributed by atoms with Gasteiger partial charge in [0.15, 0.2) is 5.76 Å².